The topological polar surface area (TPSA) is 128 Å². The number of alkyl carbamates (subject to hydrolysis) is 1. The van der Waals surface area contributed by atoms with Crippen LogP contribution >= 0.6 is 0 Å². The standard InChI is InChI=1S/C27H31F3N4O6/c1-27(2,3)40-26(39)32-19(12-18-13-21(29)22(30)15-20(18)28)14-23(35)34-11-10-33(9-8-31-34)24(36)16-4-6-17(7-5-16)25(37)38/h4-7,13,15,19,31H,8-12,14H2,1-3H3,(H,32,39)(H,37,38)/t19-/m1/s1. The van der Waals surface area contributed by atoms with Gasteiger partial charge in [-0.05, 0) is 63.1 Å². The summed E-state index contributed by atoms with van der Waals surface area (Å²) in [5, 5.41) is 12.8. The second kappa shape index (κ2) is 12.8. The molecular formula is C27H31F3N4O6. The number of amides is 3. The Morgan fingerprint density at radius 1 is 0.975 bits per heavy atom. The van der Waals surface area contributed by atoms with Gasteiger partial charge in [-0.25, -0.2) is 28.2 Å². The number of carbonyl (C=O) groups is 4. The molecule has 0 unspecified atom stereocenters. The van der Waals surface area contributed by atoms with Crippen molar-refractivity contribution < 1.29 is 42.2 Å². The molecule has 10 nitrogen and oxygen atoms in total. The Labute approximate surface area is 229 Å². The molecule has 0 saturated carbocycles. The zero-order chi connectivity index (χ0) is 29.6. The van der Waals surface area contributed by atoms with E-state index in [-0.39, 0.29) is 56.1 Å². The lowest BCUT2D eigenvalue weighted by Gasteiger charge is -2.26. The maximum atomic E-state index is 14.3. The Hall–Kier alpha value is -4.13. The smallest absolute Gasteiger partial charge is 0.407 e. The van der Waals surface area contributed by atoms with E-state index in [4.69, 9.17) is 9.84 Å². The van der Waals surface area contributed by atoms with Crippen molar-refractivity contribution in [3.8, 4) is 0 Å². The van der Waals surface area contributed by atoms with Crippen molar-refractivity contribution in [3.63, 3.8) is 0 Å². The zero-order valence-electron chi connectivity index (χ0n) is 22.3. The summed E-state index contributed by atoms with van der Waals surface area (Å²) < 4.78 is 46.8. The molecule has 1 saturated heterocycles. The van der Waals surface area contributed by atoms with E-state index in [0.717, 1.165) is 0 Å². The van der Waals surface area contributed by atoms with Gasteiger partial charge in [0.15, 0.2) is 11.6 Å². The molecule has 13 heteroatoms. The fourth-order valence-electron chi connectivity index (χ4n) is 4.04. The van der Waals surface area contributed by atoms with Crippen LogP contribution in [0.25, 0.3) is 0 Å². The number of nitrogens with one attached hydrogen (secondary N) is 2. The van der Waals surface area contributed by atoms with Crippen LogP contribution in [0, 0.1) is 17.5 Å². The van der Waals surface area contributed by atoms with E-state index < -0.39 is 47.1 Å². The minimum absolute atomic E-state index is 0.0451. The highest BCUT2D eigenvalue weighted by molar-refractivity contribution is 5.96. The molecule has 0 radical (unpaired) electrons. The van der Waals surface area contributed by atoms with Crippen LogP contribution in [0.15, 0.2) is 36.4 Å². The SMILES string of the molecule is CC(C)(C)OC(=O)N[C@@H](CC(=O)N1CCN(C(=O)c2ccc(C(=O)O)cc2)CCN1)Cc1cc(F)c(F)cc1F. The van der Waals surface area contributed by atoms with Crippen LogP contribution in [-0.2, 0) is 16.0 Å². The molecule has 0 aromatic heterocycles. The van der Waals surface area contributed by atoms with Crippen molar-refractivity contribution in [2.24, 2.45) is 0 Å². The van der Waals surface area contributed by atoms with Gasteiger partial charge in [0, 0.05) is 43.7 Å². The third kappa shape index (κ3) is 8.43. The molecule has 1 fully saturated rings. The number of rotatable bonds is 7. The summed E-state index contributed by atoms with van der Waals surface area (Å²) in [5.41, 5.74) is 2.16. The third-order valence-corrected chi connectivity index (χ3v) is 5.94. The lowest BCUT2D eigenvalue weighted by Crippen LogP contribution is -2.48. The Balaban J connectivity index is 1.68. The van der Waals surface area contributed by atoms with Gasteiger partial charge in [-0.3, -0.25) is 14.6 Å². The van der Waals surface area contributed by atoms with Crippen molar-refractivity contribution in [2.45, 2.75) is 45.3 Å². The normalized spacial score (nSPS) is 14.8. The third-order valence-electron chi connectivity index (χ3n) is 5.94. The first kappa shape index (κ1) is 30.4. The first-order valence-corrected chi connectivity index (χ1v) is 12.5. The number of ether oxygens (including phenoxy) is 1. The molecule has 2 aromatic carbocycles. The van der Waals surface area contributed by atoms with Crippen LogP contribution in [0.2, 0.25) is 0 Å². The maximum absolute atomic E-state index is 14.3. The van der Waals surface area contributed by atoms with E-state index in [1.807, 2.05) is 0 Å². The lowest BCUT2D eigenvalue weighted by molar-refractivity contribution is -0.134. The van der Waals surface area contributed by atoms with Crippen molar-refractivity contribution in [3.05, 3.63) is 70.5 Å². The first-order chi connectivity index (χ1) is 18.7. The lowest BCUT2D eigenvalue weighted by atomic mass is 10.0. The number of carboxylic acid groups (broad SMARTS) is 1. The summed E-state index contributed by atoms with van der Waals surface area (Å²) in [7, 11) is 0. The van der Waals surface area contributed by atoms with Gasteiger partial charge in [-0.2, -0.15) is 0 Å². The summed E-state index contributed by atoms with van der Waals surface area (Å²) in [6.45, 7) is 5.61. The highest BCUT2D eigenvalue weighted by Crippen LogP contribution is 2.18. The van der Waals surface area contributed by atoms with Crippen LogP contribution in [0.4, 0.5) is 18.0 Å². The number of carbonyl (C=O) groups excluding carboxylic acids is 3. The predicted octanol–water partition coefficient (Wildman–Crippen LogP) is 3.12. The summed E-state index contributed by atoms with van der Waals surface area (Å²) in [5.74, 6) is -5.61. The fourth-order valence-corrected chi connectivity index (χ4v) is 4.04. The molecule has 216 valence electrons. The van der Waals surface area contributed by atoms with E-state index in [0.29, 0.717) is 17.7 Å². The molecule has 3 amide bonds. The maximum Gasteiger partial charge on any atom is 0.407 e. The molecular weight excluding hydrogens is 533 g/mol. The van der Waals surface area contributed by atoms with Crippen molar-refractivity contribution >= 4 is 23.9 Å². The first-order valence-electron chi connectivity index (χ1n) is 12.5. The van der Waals surface area contributed by atoms with Gasteiger partial charge in [0.2, 0.25) is 5.91 Å². The molecule has 2 aromatic rings. The van der Waals surface area contributed by atoms with E-state index in [1.54, 1.807) is 20.8 Å². The predicted molar refractivity (Wildman–Crippen MR) is 137 cm³/mol. The number of hydrazine groups is 1. The molecule has 3 rings (SSSR count). The second-order valence-electron chi connectivity index (χ2n) is 10.2. The Morgan fingerprint density at radius 3 is 2.23 bits per heavy atom. The number of hydrogen-bond donors (Lipinski definition) is 3. The summed E-state index contributed by atoms with van der Waals surface area (Å²) >= 11 is 0. The van der Waals surface area contributed by atoms with Gasteiger partial charge in [-0.1, -0.05) is 0 Å². The number of hydrogen-bond acceptors (Lipinski definition) is 6. The van der Waals surface area contributed by atoms with Crippen LogP contribution in [-0.4, -0.2) is 76.7 Å². The summed E-state index contributed by atoms with van der Waals surface area (Å²) in [4.78, 5) is 51.0. The minimum Gasteiger partial charge on any atom is -0.478 e. The fraction of sp³-hybridized carbons (Fsp3) is 0.407. The highest BCUT2D eigenvalue weighted by Gasteiger charge is 2.28. The van der Waals surface area contributed by atoms with Crippen molar-refractivity contribution in [1.29, 1.82) is 0 Å². The second-order valence-corrected chi connectivity index (χ2v) is 10.2. The molecule has 0 spiro atoms. The van der Waals surface area contributed by atoms with Crippen LogP contribution in [0.5, 0.6) is 0 Å². The van der Waals surface area contributed by atoms with E-state index in [9.17, 15) is 32.3 Å². The average molecular weight is 565 g/mol. The average Bonchev–Trinajstić information content (AvgIpc) is 3.12. The number of nitrogens with zero attached hydrogens (tertiary/aromatic N) is 2. The van der Waals surface area contributed by atoms with Crippen LogP contribution in [0.3, 0.4) is 0 Å². The largest absolute Gasteiger partial charge is 0.478 e. The molecule has 1 aliphatic rings. The van der Waals surface area contributed by atoms with Crippen LogP contribution in [0.1, 0.15) is 53.5 Å². The molecule has 0 aliphatic carbocycles. The summed E-state index contributed by atoms with van der Waals surface area (Å²) in [6, 6.07) is 5.53. The van der Waals surface area contributed by atoms with Gasteiger partial charge in [0.05, 0.1) is 12.1 Å². The van der Waals surface area contributed by atoms with Gasteiger partial charge in [0.1, 0.15) is 11.4 Å². The van der Waals surface area contributed by atoms with Gasteiger partial charge >= 0.3 is 12.1 Å². The molecule has 3 N–H and O–H groups in total. The van der Waals surface area contributed by atoms with Crippen LogP contribution < -0.4 is 10.7 Å². The Kier molecular flexibility index (Phi) is 9.74. The molecule has 1 heterocycles. The number of halogens is 3. The summed E-state index contributed by atoms with van der Waals surface area (Å²) in [6.07, 6.45) is -1.53. The number of aromatic carboxylic acids is 1. The van der Waals surface area contributed by atoms with E-state index in [2.05, 4.69) is 10.7 Å². The van der Waals surface area contributed by atoms with Gasteiger partial charge < -0.3 is 20.1 Å². The quantitative estimate of drug-likeness (QED) is 0.441. The molecule has 1 aliphatic heterocycles. The number of benzene rings is 2. The van der Waals surface area contributed by atoms with Gasteiger partial charge in [-0.15, -0.1) is 0 Å². The monoisotopic (exact) mass is 564 g/mol. The Morgan fingerprint density at radius 2 is 1.60 bits per heavy atom. The van der Waals surface area contributed by atoms with Gasteiger partial charge in [0.25, 0.3) is 5.91 Å². The van der Waals surface area contributed by atoms with Crippen molar-refractivity contribution in [2.75, 3.05) is 26.2 Å². The zero-order valence-corrected chi connectivity index (χ0v) is 22.3. The minimum atomic E-state index is -1.36. The van der Waals surface area contributed by atoms with Crippen molar-refractivity contribution in [1.82, 2.24) is 20.7 Å². The number of carboxylic acids is 1. The van der Waals surface area contributed by atoms with E-state index >= 15 is 0 Å². The highest BCUT2D eigenvalue weighted by atomic mass is 19.2. The molecule has 1 atom stereocenters. The molecule has 40 heavy (non-hydrogen) atoms. The Bertz CT molecular complexity index is 1270. The molecule has 0 bridgehead atoms. The van der Waals surface area contributed by atoms with E-state index in [1.165, 1.54) is 34.2 Å².